The monoisotopic (exact) mass is 251 g/mol. The van der Waals surface area contributed by atoms with Crippen LogP contribution in [-0.4, -0.2) is 34.9 Å². The number of carbonyl (C=O) groups excluding carboxylic acids is 1. The number of carbonyl (C=O) groups is 1. The number of amides is 1. The van der Waals surface area contributed by atoms with Gasteiger partial charge in [0, 0.05) is 17.7 Å². The molecule has 1 fully saturated rings. The zero-order valence-corrected chi connectivity index (χ0v) is 11.4. The van der Waals surface area contributed by atoms with Crippen molar-refractivity contribution >= 4 is 5.91 Å². The molecule has 1 aliphatic rings. The molecule has 1 amide bonds. The SMILES string of the molecule is CC(C)n1ccc(C(=O)NC2COCC2(C)C)n1. The molecule has 1 saturated heterocycles. The summed E-state index contributed by atoms with van der Waals surface area (Å²) < 4.78 is 7.20. The molecule has 0 saturated carbocycles. The Morgan fingerprint density at radius 2 is 2.33 bits per heavy atom. The van der Waals surface area contributed by atoms with Gasteiger partial charge in [-0.05, 0) is 19.9 Å². The van der Waals surface area contributed by atoms with Crippen molar-refractivity contribution in [2.75, 3.05) is 13.2 Å². The summed E-state index contributed by atoms with van der Waals surface area (Å²) in [6, 6.07) is 2.06. The van der Waals surface area contributed by atoms with Gasteiger partial charge in [0.25, 0.3) is 5.91 Å². The first kappa shape index (κ1) is 13.1. The molecule has 1 unspecified atom stereocenters. The van der Waals surface area contributed by atoms with Crippen LogP contribution >= 0.6 is 0 Å². The highest BCUT2D eigenvalue weighted by atomic mass is 16.5. The van der Waals surface area contributed by atoms with E-state index >= 15 is 0 Å². The Morgan fingerprint density at radius 3 is 2.83 bits per heavy atom. The van der Waals surface area contributed by atoms with Gasteiger partial charge in [-0.15, -0.1) is 0 Å². The van der Waals surface area contributed by atoms with Gasteiger partial charge in [-0.2, -0.15) is 5.10 Å². The van der Waals surface area contributed by atoms with Crippen LogP contribution in [-0.2, 0) is 4.74 Å². The van der Waals surface area contributed by atoms with E-state index in [4.69, 9.17) is 4.74 Å². The lowest BCUT2D eigenvalue weighted by Gasteiger charge is -2.24. The summed E-state index contributed by atoms with van der Waals surface area (Å²) in [4.78, 5) is 12.1. The Labute approximate surface area is 108 Å². The average molecular weight is 251 g/mol. The van der Waals surface area contributed by atoms with Crippen LogP contribution in [0.5, 0.6) is 0 Å². The smallest absolute Gasteiger partial charge is 0.272 e. The average Bonchev–Trinajstić information content (AvgIpc) is 2.86. The molecular formula is C13H21N3O2. The normalized spacial score (nSPS) is 22.4. The van der Waals surface area contributed by atoms with E-state index in [1.165, 1.54) is 0 Å². The van der Waals surface area contributed by atoms with E-state index in [9.17, 15) is 4.79 Å². The molecule has 0 aliphatic carbocycles. The second-order valence-electron chi connectivity index (χ2n) is 5.80. The number of nitrogens with zero attached hydrogens (tertiary/aromatic N) is 2. The summed E-state index contributed by atoms with van der Waals surface area (Å²) in [5.74, 6) is -0.127. The number of rotatable bonds is 3. The fourth-order valence-electron chi connectivity index (χ4n) is 1.98. The third-order valence-electron chi connectivity index (χ3n) is 3.38. The molecule has 2 heterocycles. The molecule has 1 N–H and O–H groups in total. The van der Waals surface area contributed by atoms with E-state index < -0.39 is 0 Å². The van der Waals surface area contributed by atoms with Crippen molar-refractivity contribution in [2.24, 2.45) is 5.41 Å². The summed E-state index contributed by atoms with van der Waals surface area (Å²) in [6.07, 6.45) is 1.83. The van der Waals surface area contributed by atoms with Crippen LogP contribution in [0.2, 0.25) is 0 Å². The summed E-state index contributed by atoms with van der Waals surface area (Å²) in [5, 5.41) is 7.26. The Balaban J connectivity index is 2.03. The van der Waals surface area contributed by atoms with Gasteiger partial charge in [0.2, 0.25) is 0 Å². The molecule has 1 aromatic rings. The zero-order valence-electron chi connectivity index (χ0n) is 11.4. The summed E-state index contributed by atoms with van der Waals surface area (Å²) in [5.41, 5.74) is 0.447. The minimum atomic E-state index is -0.127. The van der Waals surface area contributed by atoms with Crippen LogP contribution in [0.25, 0.3) is 0 Å². The predicted octanol–water partition coefficient (Wildman–Crippen LogP) is 1.62. The lowest BCUT2D eigenvalue weighted by atomic mass is 9.88. The van der Waals surface area contributed by atoms with Gasteiger partial charge in [-0.1, -0.05) is 13.8 Å². The molecule has 1 aromatic heterocycles. The van der Waals surface area contributed by atoms with E-state index in [0.29, 0.717) is 18.9 Å². The fraction of sp³-hybridized carbons (Fsp3) is 0.692. The van der Waals surface area contributed by atoms with Gasteiger partial charge >= 0.3 is 0 Å². The van der Waals surface area contributed by atoms with Crippen LogP contribution in [0.15, 0.2) is 12.3 Å². The maximum atomic E-state index is 12.1. The van der Waals surface area contributed by atoms with Crippen molar-refractivity contribution < 1.29 is 9.53 Å². The molecule has 5 heteroatoms. The molecule has 0 aromatic carbocycles. The standard InChI is InChI=1S/C13H21N3O2/c1-9(2)16-6-5-10(15-16)12(17)14-11-7-18-8-13(11,3)4/h5-6,9,11H,7-8H2,1-4H3,(H,14,17). The number of hydrogen-bond donors (Lipinski definition) is 1. The van der Waals surface area contributed by atoms with Crippen molar-refractivity contribution in [1.29, 1.82) is 0 Å². The third kappa shape index (κ3) is 2.56. The lowest BCUT2D eigenvalue weighted by molar-refractivity contribution is 0.0909. The minimum Gasteiger partial charge on any atom is -0.379 e. The van der Waals surface area contributed by atoms with Crippen LogP contribution in [0, 0.1) is 5.41 Å². The Hall–Kier alpha value is -1.36. The Bertz CT molecular complexity index is 437. The highest BCUT2D eigenvalue weighted by Crippen LogP contribution is 2.27. The van der Waals surface area contributed by atoms with Crippen LogP contribution in [0.4, 0.5) is 0 Å². The molecule has 0 radical (unpaired) electrons. The van der Waals surface area contributed by atoms with Crippen molar-refractivity contribution in [3.05, 3.63) is 18.0 Å². The van der Waals surface area contributed by atoms with E-state index in [-0.39, 0.29) is 23.4 Å². The Kier molecular flexibility index (Phi) is 3.43. The number of aromatic nitrogens is 2. The summed E-state index contributed by atoms with van der Waals surface area (Å²) in [6.45, 7) is 9.50. The zero-order chi connectivity index (χ0) is 13.3. The van der Waals surface area contributed by atoms with Gasteiger partial charge in [0.15, 0.2) is 0 Å². The first-order valence-electron chi connectivity index (χ1n) is 6.34. The first-order chi connectivity index (χ1) is 8.40. The fourth-order valence-corrected chi connectivity index (χ4v) is 1.98. The number of ether oxygens (including phenoxy) is 1. The van der Waals surface area contributed by atoms with Crippen LogP contribution in [0.3, 0.4) is 0 Å². The van der Waals surface area contributed by atoms with Crippen LogP contribution < -0.4 is 5.32 Å². The molecule has 0 bridgehead atoms. The maximum Gasteiger partial charge on any atom is 0.272 e. The van der Waals surface area contributed by atoms with Gasteiger partial charge in [0.1, 0.15) is 5.69 Å². The van der Waals surface area contributed by atoms with Crippen molar-refractivity contribution in [3.8, 4) is 0 Å². The van der Waals surface area contributed by atoms with E-state index in [1.807, 2.05) is 20.0 Å². The third-order valence-corrected chi connectivity index (χ3v) is 3.38. The molecule has 100 valence electrons. The maximum absolute atomic E-state index is 12.1. The van der Waals surface area contributed by atoms with E-state index in [0.717, 1.165) is 0 Å². The highest BCUT2D eigenvalue weighted by molar-refractivity contribution is 5.92. The molecule has 1 atom stereocenters. The van der Waals surface area contributed by atoms with Gasteiger partial charge in [-0.25, -0.2) is 0 Å². The number of nitrogens with one attached hydrogen (secondary N) is 1. The second kappa shape index (κ2) is 4.72. The topological polar surface area (TPSA) is 56.2 Å². The van der Waals surface area contributed by atoms with Gasteiger partial charge in [-0.3, -0.25) is 9.48 Å². The number of hydrogen-bond acceptors (Lipinski definition) is 3. The van der Waals surface area contributed by atoms with Gasteiger partial charge in [0.05, 0.1) is 19.3 Å². The molecular weight excluding hydrogens is 230 g/mol. The van der Waals surface area contributed by atoms with Crippen molar-refractivity contribution in [2.45, 2.75) is 39.8 Å². The molecule has 2 rings (SSSR count). The van der Waals surface area contributed by atoms with Gasteiger partial charge < -0.3 is 10.1 Å². The molecule has 18 heavy (non-hydrogen) atoms. The largest absolute Gasteiger partial charge is 0.379 e. The van der Waals surface area contributed by atoms with Crippen molar-refractivity contribution in [3.63, 3.8) is 0 Å². The van der Waals surface area contributed by atoms with E-state index in [1.54, 1.807) is 10.7 Å². The van der Waals surface area contributed by atoms with Crippen LogP contribution in [0.1, 0.15) is 44.2 Å². The minimum absolute atomic E-state index is 0.0176. The quantitative estimate of drug-likeness (QED) is 0.888. The summed E-state index contributed by atoms with van der Waals surface area (Å²) >= 11 is 0. The lowest BCUT2D eigenvalue weighted by Crippen LogP contribution is -2.44. The first-order valence-corrected chi connectivity index (χ1v) is 6.34. The second-order valence-corrected chi connectivity index (χ2v) is 5.80. The van der Waals surface area contributed by atoms with Crippen molar-refractivity contribution in [1.82, 2.24) is 15.1 Å². The summed E-state index contributed by atoms with van der Waals surface area (Å²) in [7, 11) is 0. The molecule has 5 nitrogen and oxygen atoms in total. The molecule has 1 aliphatic heterocycles. The highest BCUT2D eigenvalue weighted by Gasteiger charge is 2.37. The predicted molar refractivity (Wildman–Crippen MR) is 68.5 cm³/mol. The Morgan fingerprint density at radius 1 is 1.61 bits per heavy atom. The molecule has 0 spiro atoms. The van der Waals surface area contributed by atoms with E-state index in [2.05, 4.69) is 24.3 Å².